The van der Waals surface area contributed by atoms with Crippen molar-refractivity contribution in [3.05, 3.63) is 35.4 Å². The summed E-state index contributed by atoms with van der Waals surface area (Å²) in [7, 11) is 0. The van der Waals surface area contributed by atoms with Gasteiger partial charge in [-0.1, -0.05) is 24.3 Å². The molecule has 0 saturated carbocycles. The maximum absolute atomic E-state index is 12.2. The lowest BCUT2D eigenvalue weighted by Crippen LogP contribution is -2.45. The fourth-order valence-electron chi connectivity index (χ4n) is 2.71. The van der Waals surface area contributed by atoms with Crippen LogP contribution in [-0.2, 0) is 17.6 Å². The van der Waals surface area contributed by atoms with Crippen molar-refractivity contribution >= 4 is 17.7 Å². The molecular weight excluding hydrogens is 270 g/mol. The van der Waals surface area contributed by atoms with Gasteiger partial charge in [0.1, 0.15) is 0 Å². The lowest BCUT2D eigenvalue weighted by atomic mass is 9.83. The molecule has 1 amide bonds. The van der Waals surface area contributed by atoms with E-state index in [-0.39, 0.29) is 11.8 Å². The van der Waals surface area contributed by atoms with Gasteiger partial charge in [-0.2, -0.15) is 11.8 Å². The molecule has 1 aliphatic carbocycles. The topological polar surface area (TPSA) is 49.3 Å². The van der Waals surface area contributed by atoms with E-state index < -0.39 is 5.60 Å². The molecular formula is C16H23NO2S. The second-order valence-electron chi connectivity index (χ2n) is 5.86. The number of hydrogen-bond acceptors (Lipinski definition) is 3. The Morgan fingerprint density at radius 3 is 2.85 bits per heavy atom. The van der Waals surface area contributed by atoms with Gasteiger partial charge >= 0.3 is 0 Å². The Bertz CT molecular complexity index is 473. The highest BCUT2D eigenvalue weighted by Crippen LogP contribution is 2.25. The molecule has 0 saturated heterocycles. The van der Waals surface area contributed by atoms with Gasteiger partial charge in [0.15, 0.2) is 0 Å². The van der Waals surface area contributed by atoms with Crippen LogP contribution in [0.5, 0.6) is 0 Å². The minimum absolute atomic E-state index is 0.0370. The first-order valence-electron chi connectivity index (χ1n) is 7.07. The van der Waals surface area contributed by atoms with Crippen LogP contribution in [0.15, 0.2) is 24.3 Å². The zero-order chi connectivity index (χ0) is 14.6. The number of hydrogen-bond donors (Lipinski definition) is 2. The number of aliphatic hydroxyl groups is 1. The van der Waals surface area contributed by atoms with Gasteiger partial charge in [-0.25, -0.2) is 0 Å². The minimum atomic E-state index is -0.832. The number of nitrogens with one attached hydrogen (secondary N) is 1. The second kappa shape index (κ2) is 6.64. The van der Waals surface area contributed by atoms with Crippen LogP contribution >= 0.6 is 11.8 Å². The summed E-state index contributed by atoms with van der Waals surface area (Å²) in [5.41, 5.74) is 1.82. The van der Waals surface area contributed by atoms with Crippen molar-refractivity contribution < 1.29 is 9.90 Å². The number of aryl methyl sites for hydroxylation is 1. The van der Waals surface area contributed by atoms with Crippen molar-refractivity contribution in [2.75, 3.05) is 18.6 Å². The summed E-state index contributed by atoms with van der Waals surface area (Å²) in [6, 6.07) is 8.34. The quantitative estimate of drug-likeness (QED) is 0.873. The van der Waals surface area contributed by atoms with Crippen LogP contribution < -0.4 is 5.32 Å². The molecule has 0 bridgehead atoms. The maximum atomic E-state index is 12.2. The van der Waals surface area contributed by atoms with Crippen molar-refractivity contribution in [1.82, 2.24) is 5.32 Å². The van der Waals surface area contributed by atoms with Crippen LogP contribution in [0, 0.1) is 5.92 Å². The van der Waals surface area contributed by atoms with E-state index >= 15 is 0 Å². The third-order valence-corrected chi connectivity index (χ3v) is 4.73. The van der Waals surface area contributed by atoms with Crippen molar-refractivity contribution in [3.8, 4) is 0 Å². The Labute approximate surface area is 125 Å². The highest BCUT2D eigenvalue weighted by atomic mass is 32.2. The summed E-state index contributed by atoms with van der Waals surface area (Å²) in [4.78, 5) is 12.2. The first-order chi connectivity index (χ1) is 9.52. The highest BCUT2D eigenvalue weighted by Gasteiger charge is 2.26. The molecule has 2 rings (SSSR count). The Morgan fingerprint density at radius 1 is 1.45 bits per heavy atom. The standard InChI is InChI=1S/C16H23NO2S/c1-16(19,11-20-2)10-17-15(18)14-8-7-12-5-3-4-6-13(12)9-14/h3-6,14,19H,7-11H2,1-2H3,(H,17,18). The van der Waals surface area contributed by atoms with Gasteiger partial charge in [-0.15, -0.1) is 0 Å². The van der Waals surface area contributed by atoms with Gasteiger partial charge in [0.25, 0.3) is 0 Å². The van der Waals surface area contributed by atoms with Crippen LogP contribution in [0.3, 0.4) is 0 Å². The number of carbonyl (C=O) groups excluding carboxylic acids is 1. The average molecular weight is 293 g/mol. The van der Waals surface area contributed by atoms with Crippen LogP contribution in [0.25, 0.3) is 0 Å². The van der Waals surface area contributed by atoms with Crippen LogP contribution in [0.2, 0.25) is 0 Å². The normalized spacial score (nSPS) is 20.9. The molecule has 4 heteroatoms. The van der Waals surface area contributed by atoms with Crippen LogP contribution in [0.4, 0.5) is 0 Å². The zero-order valence-electron chi connectivity index (χ0n) is 12.2. The summed E-state index contributed by atoms with van der Waals surface area (Å²) in [5, 5.41) is 13.0. The SMILES string of the molecule is CSCC(C)(O)CNC(=O)C1CCc2ccccc2C1. The Morgan fingerprint density at radius 2 is 2.15 bits per heavy atom. The first kappa shape index (κ1) is 15.4. The molecule has 2 unspecified atom stereocenters. The molecule has 1 aromatic rings. The van der Waals surface area contributed by atoms with Gasteiger partial charge in [0.05, 0.1) is 5.60 Å². The third kappa shape index (κ3) is 4.00. The van der Waals surface area contributed by atoms with E-state index in [4.69, 9.17) is 0 Å². The summed E-state index contributed by atoms with van der Waals surface area (Å²) in [5.74, 6) is 0.733. The monoisotopic (exact) mass is 293 g/mol. The zero-order valence-corrected chi connectivity index (χ0v) is 13.0. The third-order valence-electron chi connectivity index (χ3n) is 3.82. The second-order valence-corrected chi connectivity index (χ2v) is 6.72. The number of benzene rings is 1. The lowest BCUT2D eigenvalue weighted by molar-refractivity contribution is -0.126. The van der Waals surface area contributed by atoms with Gasteiger partial charge in [0, 0.05) is 18.2 Å². The van der Waals surface area contributed by atoms with Gasteiger partial charge in [0.2, 0.25) is 5.91 Å². The number of fused-ring (bicyclic) bond motifs is 1. The number of thioether (sulfide) groups is 1. The summed E-state index contributed by atoms with van der Waals surface area (Å²) in [6.07, 6.45) is 4.63. The first-order valence-corrected chi connectivity index (χ1v) is 8.47. The molecule has 0 fully saturated rings. The predicted molar refractivity (Wildman–Crippen MR) is 84.0 cm³/mol. The molecule has 3 nitrogen and oxygen atoms in total. The molecule has 20 heavy (non-hydrogen) atoms. The van der Waals surface area contributed by atoms with Crippen molar-refractivity contribution in [1.29, 1.82) is 0 Å². The molecule has 2 N–H and O–H groups in total. The number of carbonyl (C=O) groups is 1. The lowest BCUT2D eigenvalue weighted by Gasteiger charge is -2.27. The minimum Gasteiger partial charge on any atom is -0.387 e. The molecule has 0 heterocycles. The molecule has 0 aliphatic heterocycles. The molecule has 110 valence electrons. The van der Waals surface area contributed by atoms with Crippen molar-refractivity contribution in [2.24, 2.45) is 5.92 Å². The summed E-state index contributed by atoms with van der Waals surface area (Å²) in [6.45, 7) is 2.09. The van der Waals surface area contributed by atoms with Crippen molar-refractivity contribution in [2.45, 2.75) is 31.8 Å². The fourth-order valence-corrected chi connectivity index (χ4v) is 3.43. The van der Waals surface area contributed by atoms with E-state index in [0.29, 0.717) is 12.3 Å². The van der Waals surface area contributed by atoms with Crippen molar-refractivity contribution in [3.63, 3.8) is 0 Å². The maximum Gasteiger partial charge on any atom is 0.223 e. The molecule has 1 aromatic carbocycles. The van der Waals surface area contributed by atoms with Gasteiger partial charge < -0.3 is 10.4 Å². The smallest absolute Gasteiger partial charge is 0.223 e. The van der Waals surface area contributed by atoms with Crippen LogP contribution in [-0.4, -0.2) is 35.2 Å². The number of rotatable bonds is 5. The highest BCUT2D eigenvalue weighted by molar-refractivity contribution is 7.98. The van der Waals surface area contributed by atoms with E-state index in [2.05, 4.69) is 23.5 Å². The predicted octanol–water partition coefficient (Wildman–Crippen LogP) is 2.02. The Hall–Kier alpha value is -1.00. The van der Waals surface area contributed by atoms with Gasteiger partial charge in [-0.05, 0) is 43.6 Å². The molecule has 0 aromatic heterocycles. The average Bonchev–Trinajstić information content (AvgIpc) is 2.44. The van der Waals surface area contributed by atoms with E-state index in [1.807, 2.05) is 12.3 Å². The van der Waals surface area contributed by atoms with Crippen LogP contribution in [0.1, 0.15) is 24.5 Å². The Balaban J connectivity index is 1.89. The van der Waals surface area contributed by atoms with E-state index in [1.54, 1.807) is 18.7 Å². The Kier molecular flexibility index (Phi) is 5.11. The largest absolute Gasteiger partial charge is 0.387 e. The summed E-state index contributed by atoms with van der Waals surface area (Å²) < 4.78 is 0. The molecule has 1 aliphatic rings. The molecule has 2 atom stereocenters. The van der Waals surface area contributed by atoms with E-state index in [0.717, 1.165) is 19.3 Å². The van der Waals surface area contributed by atoms with Gasteiger partial charge in [-0.3, -0.25) is 4.79 Å². The molecule has 0 spiro atoms. The number of amides is 1. The van der Waals surface area contributed by atoms with E-state index in [1.165, 1.54) is 11.1 Å². The fraction of sp³-hybridized carbons (Fsp3) is 0.562. The van der Waals surface area contributed by atoms with E-state index in [9.17, 15) is 9.90 Å². The summed E-state index contributed by atoms with van der Waals surface area (Å²) >= 11 is 1.59. The molecule has 0 radical (unpaired) electrons.